The van der Waals surface area contributed by atoms with Crippen LogP contribution in [0.4, 0.5) is 5.82 Å². The van der Waals surface area contributed by atoms with E-state index in [1.807, 2.05) is 51.9 Å². The van der Waals surface area contributed by atoms with Crippen molar-refractivity contribution in [1.29, 1.82) is 0 Å². The van der Waals surface area contributed by atoms with Crippen LogP contribution in [0.2, 0.25) is 0 Å². The molecule has 0 aliphatic carbocycles. The Morgan fingerprint density at radius 1 is 1.31 bits per heavy atom. The van der Waals surface area contributed by atoms with Crippen LogP contribution >= 0.6 is 0 Å². The molecule has 0 saturated heterocycles. The van der Waals surface area contributed by atoms with Gasteiger partial charge in [-0.2, -0.15) is 0 Å². The summed E-state index contributed by atoms with van der Waals surface area (Å²) in [6.45, 7) is 5.84. The van der Waals surface area contributed by atoms with Gasteiger partial charge in [-0.3, -0.25) is 4.79 Å². The zero-order valence-electron chi connectivity index (χ0n) is 10.5. The molecule has 0 aliphatic heterocycles. The average Bonchev–Trinajstić information content (AvgIpc) is 2.15. The maximum absolute atomic E-state index is 11.8. The van der Waals surface area contributed by atoms with Gasteiger partial charge in [0.2, 0.25) is 0 Å². The molecule has 4 heteroatoms. The molecule has 1 heterocycles. The van der Waals surface area contributed by atoms with Gasteiger partial charge in [-0.05, 0) is 32.9 Å². The average molecular weight is 221 g/mol. The fraction of sp³-hybridized carbons (Fsp3) is 0.500. The molecule has 1 rings (SSSR count). The number of hydrogen-bond donors (Lipinski definition) is 1. The largest absolute Gasteiger partial charge is 0.363 e. The van der Waals surface area contributed by atoms with Crippen molar-refractivity contribution >= 4 is 11.7 Å². The Morgan fingerprint density at radius 2 is 1.94 bits per heavy atom. The molecule has 0 bridgehead atoms. The van der Waals surface area contributed by atoms with E-state index in [4.69, 9.17) is 0 Å². The number of anilines is 1. The van der Waals surface area contributed by atoms with Crippen LogP contribution < -0.4 is 10.2 Å². The summed E-state index contributed by atoms with van der Waals surface area (Å²) < 4.78 is 0. The van der Waals surface area contributed by atoms with E-state index < -0.39 is 0 Å². The van der Waals surface area contributed by atoms with Gasteiger partial charge in [0.15, 0.2) is 0 Å². The molecule has 0 saturated carbocycles. The second kappa shape index (κ2) is 4.51. The SMILES string of the molecule is CN(C)c1cccc(C(=O)NC(C)(C)C)n1. The quantitative estimate of drug-likeness (QED) is 0.826. The van der Waals surface area contributed by atoms with Gasteiger partial charge in [-0.25, -0.2) is 4.98 Å². The van der Waals surface area contributed by atoms with Gasteiger partial charge in [-0.15, -0.1) is 0 Å². The Morgan fingerprint density at radius 3 is 2.44 bits per heavy atom. The Bertz CT molecular complexity index is 380. The summed E-state index contributed by atoms with van der Waals surface area (Å²) in [5.41, 5.74) is 0.202. The van der Waals surface area contributed by atoms with Crippen molar-refractivity contribution in [3.63, 3.8) is 0 Å². The van der Waals surface area contributed by atoms with Gasteiger partial charge >= 0.3 is 0 Å². The second-order valence-corrected chi connectivity index (χ2v) is 4.98. The van der Waals surface area contributed by atoms with Crippen LogP contribution in [0.5, 0.6) is 0 Å². The highest BCUT2D eigenvalue weighted by Crippen LogP contribution is 2.09. The van der Waals surface area contributed by atoms with Gasteiger partial charge in [-0.1, -0.05) is 6.07 Å². The van der Waals surface area contributed by atoms with Crippen molar-refractivity contribution in [1.82, 2.24) is 10.3 Å². The predicted molar refractivity (Wildman–Crippen MR) is 65.8 cm³/mol. The lowest BCUT2D eigenvalue weighted by molar-refractivity contribution is 0.0914. The van der Waals surface area contributed by atoms with E-state index in [0.29, 0.717) is 5.69 Å². The summed E-state index contributed by atoms with van der Waals surface area (Å²) in [6.07, 6.45) is 0. The lowest BCUT2D eigenvalue weighted by Gasteiger charge is -2.20. The fourth-order valence-corrected chi connectivity index (χ4v) is 1.20. The van der Waals surface area contributed by atoms with Crippen molar-refractivity contribution in [3.05, 3.63) is 23.9 Å². The molecule has 0 radical (unpaired) electrons. The summed E-state index contributed by atoms with van der Waals surface area (Å²) in [5.74, 6) is 0.637. The Balaban J connectivity index is 2.88. The first kappa shape index (κ1) is 12.5. The first-order chi connectivity index (χ1) is 7.29. The Labute approximate surface area is 96.7 Å². The highest BCUT2D eigenvalue weighted by atomic mass is 16.2. The van der Waals surface area contributed by atoms with Crippen molar-refractivity contribution in [2.75, 3.05) is 19.0 Å². The first-order valence-corrected chi connectivity index (χ1v) is 5.26. The number of hydrogen-bond acceptors (Lipinski definition) is 3. The Kier molecular flexibility index (Phi) is 3.52. The van der Waals surface area contributed by atoms with E-state index in [1.165, 1.54) is 0 Å². The molecule has 0 spiro atoms. The van der Waals surface area contributed by atoms with Crippen LogP contribution in [0.15, 0.2) is 18.2 Å². The van der Waals surface area contributed by atoms with Crippen LogP contribution in [0.3, 0.4) is 0 Å². The summed E-state index contributed by atoms with van der Waals surface area (Å²) >= 11 is 0. The van der Waals surface area contributed by atoms with Gasteiger partial charge in [0.05, 0.1) is 0 Å². The highest BCUT2D eigenvalue weighted by molar-refractivity contribution is 5.93. The predicted octanol–water partition coefficient (Wildman–Crippen LogP) is 1.68. The molecule has 0 fully saturated rings. The smallest absolute Gasteiger partial charge is 0.270 e. The topological polar surface area (TPSA) is 45.2 Å². The minimum absolute atomic E-state index is 0.142. The van der Waals surface area contributed by atoms with E-state index in [9.17, 15) is 4.79 Å². The molecular formula is C12H19N3O. The molecular weight excluding hydrogens is 202 g/mol. The van der Waals surface area contributed by atoms with Gasteiger partial charge < -0.3 is 10.2 Å². The number of nitrogens with one attached hydrogen (secondary N) is 1. The number of rotatable bonds is 2. The third-order valence-corrected chi connectivity index (χ3v) is 1.91. The van der Waals surface area contributed by atoms with Crippen LogP contribution in [-0.2, 0) is 0 Å². The molecule has 88 valence electrons. The van der Waals surface area contributed by atoms with Gasteiger partial charge in [0.25, 0.3) is 5.91 Å². The Hall–Kier alpha value is -1.58. The summed E-state index contributed by atoms with van der Waals surface area (Å²) in [4.78, 5) is 18.0. The molecule has 4 nitrogen and oxygen atoms in total. The molecule has 0 atom stereocenters. The van der Waals surface area contributed by atoms with Gasteiger partial charge in [0, 0.05) is 19.6 Å². The monoisotopic (exact) mass is 221 g/mol. The number of amides is 1. The van der Waals surface area contributed by atoms with Crippen molar-refractivity contribution in [3.8, 4) is 0 Å². The van der Waals surface area contributed by atoms with E-state index in [-0.39, 0.29) is 11.4 Å². The normalized spacial score (nSPS) is 11.1. The van der Waals surface area contributed by atoms with Crippen molar-refractivity contribution in [2.24, 2.45) is 0 Å². The second-order valence-electron chi connectivity index (χ2n) is 4.98. The van der Waals surface area contributed by atoms with E-state index in [0.717, 1.165) is 5.82 Å². The molecule has 1 amide bonds. The molecule has 0 aromatic carbocycles. The summed E-state index contributed by atoms with van der Waals surface area (Å²) in [7, 11) is 3.79. The zero-order valence-corrected chi connectivity index (χ0v) is 10.5. The molecule has 1 aromatic rings. The molecule has 0 unspecified atom stereocenters. The maximum Gasteiger partial charge on any atom is 0.270 e. The summed E-state index contributed by atoms with van der Waals surface area (Å²) in [6, 6.07) is 5.42. The third-order valence-electron chi connectivity index (χ3n) is 1.91. The molecule has 16 heavy (non-hydrogen) atoms. The van der Waals surface area contributed by atoms with E-state index in [2.05, 4.69) is 10.3 Å². The van der Waals surface area contributed by atoms with Crippen LogP contribution in [0.1, 0.15) is 31.3 Å². The first-order valence-electron chi connectivity index (χ1n) is 5.26. The molecule has 1 aromatic heterocycles. The van der Waals surface area contributed by atoms with Gasteiger partial charge in [0.1, 0.15) is 11.5 Å². The fourth-order valence-electron chi connectivity index (χ4n) is 1.20. The van der Waals surface area contributed by atoms with Crippen LogP contribution in [-0.4, -0.2) is 30.5 Å². The van der Waals surface area contributed by atoms with Crippen molar-refractivity contribution < 1.29 is 4.79 Å². The highest BCUT2D eigenvalue weighted by Gasteiger charge is 2.16. The lowest BCUT2D eigenvalue weighted by Crippen LogP contribution is -2.41. The summed E-state index contributed by atoms with van der Waals surface area (Å²) in [5, 5.41) is 2.88. The molecule has 0 aliphatic rings. The number of nitrogens with zero attached hydrogens (tertiary/aromatic N) is 2. The van der Waals surface area contributed by atoms with Crippen LogP contribution in [0, 0.1) is 0 Å². The van der Waals surface area contributed by atoms with E-state index in [1.54, 1.807) is 6.07 Å². The number of carbonyl (C=O) groups is 1. The van der Waals surface area contributed by atoms with Crippen LogP contribution in [0.25, 0.3) is 0 Å². The zero-order chi connectivity index (χ0) is 12.3. The number of pyridine rings is 1. The number of aromatic nitrogens is 1. The lowest BCUT2D eigenvalue weighted by atomic mass is 10.1. The standard InChI is InChI=1S/C12H19N3O/c1-12(2,3)14-11(16)9-7-6-8-10(13-9)15(4)5/h6-8H,1-5H3,(H,14,16). The van der Waals surface area contributed by atoms with Crippen molar-refractivity contribution in [2.45, 2.75) is 26.3 Å². The number of carbonyl (C=O) groups excluding carboxylic acids is 1. The molecule has 1 N–H and O–H groups in total. The minimum Gasteiger partial charge on any atom is -0.363 e. The maximum atomic E-state index is 11.8. The van der Waals surface area contributed by atoms with E-state index >= 15 is 0 Å². The third kappa shape index (κ3) is 3.53. The minimum atomic E-state index is -0.243.